The van der Waals surface area contributed by atoms with Crippen molar-refractivity contribution in [3.8, 4) is 0 Å². The molecule has 3 aromatic rings. The molecule has 0 aliphatic rings. The number of rotatable bonds is 5. The molecule has 3 aromatic carbocycles. The molecule has 0 aliphatic carbocycles. The molecule has 11 heteroatoms. The molecule has 0 radical (unpaired) electrons. The number of hydrogen-bond donors (Lipinski definition) is 2. The van der Waals surface area contributed by atoms with E-state index in [9.17, 15) is 22.6 Å². The average Bonchev–Trinajstić information content (AvgIpc) is 2.70. The maximum Gasteiger partial charge on any atom is 1.00 e. The molecule has 0 saturated heterocycles. The van der Waals surface area contributed by atoms with Gasteiger partial charge in [-0.1, -0.05) is 12.1 Å². The molecule has 31 heavy (non-hydrogen) atoms. The first-order valence-electron chi connectivity index (χ1n) is 8.73. The fourth-order valence-corrected chi connectivity index (χ4v) is 3.02. The smallest absolute Gasteiger partial charge is 0.744 e. The predicted molar refractivity (Wildman–Crippen MR) is 110 cm³/mol. The number of aryl methyl sites for hydroxylation is 1. The normalized spacial score (nSPS) is 12.4. The number of benzene rings is 3. The molecule has 0 aliphatic heterocycles. The third-order valence-electron chi connectivity index (χ3n) is 4.41. The zero-order valence-corrected chi connectivity index (χ0v) is 19.9. The van der Waals surface area contributed by atoms with Crippen LogP contribution in [0.1, 0.15) is 11.1 Å². The Bertz CT molecular complexity index is 1430. The minimum atomic E-state index is -4.55. The largest absolute Gasteiger partial charge is 1.00 e. The van der Waals surface area contributed by atoms with Gasteiger partial charge >= 0.3 is 29.6 Å². The second kappa shape index (κ2) is 10.1. The van der Waals surface area contributed by atoms with Crippen molar-refractivity contribution in [3.05, 3.63) is 96.9 Å². The molecule has 154 valence electrons. The van der Waals surface area contributed by atoms with Crippen molar-refractivity contribution in [1.29, 1.82) is 0 Å². The summed E-state index contributed by atoms with van der Waals surface area (Å²) in [6.07, 6.45) is 0. The Hall–Kier alpha value is -2.63. The van der Waals surface area contributed by atoms with E-state index in [2.05, 4.69) is 21.1 Å². The van der Waals surface area contributed by atoms with E-state index in [1.54, 1.807) is 6.07 Å². The van der Waals surface area contributed by atoms with Crippen LogP contribution in [-0.2, 0) is 10.1 Å². The van der Waals surface area contributed by atoms with Crippen LogP contribution in [0, 0.1) is 13.8 Å². The first-order valence-corrected chi connectivity index (χ1v) is 10.1. The van der Waals surface area contributed by atoms with Crippen LogP contribution in [0.15, 0.2) is 79.3 Å². The van der Waals surface area contributed by atoms with Crippen molar-refractivity contribution in [2.45, 2.75) is 18.7 Å². The van der Waals surface area contributed by atoms with Gasteiger partial charge in [0.15, 0.2) is 5.36 Å². The Kier molecular flexibility index (Phi) is 8.04. The van der Waals surface area contributed by atoms with Gasteiger partial charge < -0.3 is 4.55 Å². The molecule has 0 bridgehead atoms. The van der Waals surface area contributed by atoms with Gasteiger partial charge in [-0.3, -0.25) is 20.4 Å². The first kappa shape index (κ1) is 24.6. The van der Waals surface area contributed by atoms with Crippen LogP contribution >= 0.6 is 0 Å². The fourth-order valence-electron chi connectivity index (χ4n) is 2.55. The van der Waals surface area contributed by atoms with Crippen molar-refractivity contribution in [2.24, 2.45) is 10.2 Å². The summed E-state index contributed by atoms with van der Waals surface area (Å²) in [4.78, 5) is 24.3. The molecular weight excluding hydrogens is 431 g/mol. The third kappa shape index (κ3) is 5.96. The Labute approximate surface area is 199 Å². The van der Waals surface area contributed by atoms with Gasteiger partial charge in [0, 0.05) is 0 Å². The quantitative estimate of drug-likeness (QED) is 0.253. The molecule has 0 atom stereocenters. The molecule has 2 N–H and O–H groups in total. The molecule has 0 amide bonds. The maximum atomic E-state index is 12.6. The summed E-state index contributed by atoms with van der Waals surface area (Å²) in [6.45, 7) is 3.82. The summed E-state index contributed by atoms with van der Waals surface area (Å²) in [5, 5.41) is 7.54. The average molecular weight is 448 g/mol. The van der Waals surface area contributed by atoms with Crippen LogP contribution in [0.25, 0.3) is 0 Å². The van der Waals surface area contributed by atoms with Crippen LogP contribution in [0.4, 0.5) is 11.4 Å². The van der Waals surface area contributed by atoms with E-state index in [4.69, 9.17) is 0 Å². The van der Waals surface area contributed by atoms with Gasteiger partial charge in [-0.15, -0.1) is 0 Å². The van der Waals surface area contributed by atoms with Gasteiger partial charge in [-0.2, -0.15) is 10.2 Å². The van der Waals surface area contributed by atoms with Gasteiger partial charge in [-0.25, -0.2) is 8.42 Å². The summed E-state index contributed by atoms with van der Waals surface area (Å²) < 4.78 is 32.9. The summed E-state index contributed by atoms with van der Waals surface area (Å²) in [5.41, 5.74) is 7.09. The van der Waals surface area contributed by atoms with E-state index >= 15 is 0 Å². The van der Waals surface area contributed by atoms with E-state index in [1.165, 1.54) is 24.3 Å². The molecule has 0 aromatic heterocycles. The number of hydrogen-bond acceptors (Lipinski definition) is 9. The summed E-state index contributed by atoms with van der Waals surface area (Å²) in [7, 11) is -4.55. The van der Waals surface area contributed by atoms with Crippen LogP contribution in [0.5, 0.6) is 0 Å². The van der Waals surface area contributed by atoms with E-state index in [1.807, 2.05) is 26.0 Å². The van der Waals surface area contributed by atoms with Crippen molar-refractivity contribution in [2.75, 3.05) is 10.9 Å². The molecule has 3 rings (SSSR count). The Balaban J connectivity index is 0.00000341. The SMILES string of the molecule is Cc1cccc(N/N=c2\c(=O)cc/c(=N/Nc3ccc(S(=O)(=O)[O-])cc3)c2=O)c1C.[Na+]. The van der Waals surface area contributed by atoms with E-state index in [0.29, 0.717) is 11.4 Å². The second-order valence-electron chi connectivity index (χ2n) is 6.43. The predicted octanol–water partition coefficient (Wildman–Crippen LogP) is -2.34. The van der Waals surface area contributed by atoms with Gasteiger partial charge in [-0.05, 0) is 67.4 Å². The number of nitrogens with one attached hydrogen (secondary N) is 2. The molecule has 0 spiro atoms. The van der Waals surface area contributed by atoms with Gasteiger partial charge in [0.2, 0.25) is 10.9 Å². The van der Waals surface area contributed by atoms with E-state index in [0.717, 1.165) is 23.3 Å². The van der Waals surface area contributed by atoms with Gasteiger partial charge in [0.05, 0.1) is 16.3 Å². The summed E-state index contributed by atoms with van der Waals surface area (Å²) in [6, 6.07) is 12.9. The van der Waals surface area contributed by atoms with Crippen LogP contribution in [0.3, 0.4) is 0 Å². The van der Waals surface area contributed by atoms with Crippen molar-refractivity contribution >= 4 is 21.5 Å². The molecule has 0 saturated carbocycles. The van der Waals surface area contributed by atoms with E-state index < -0.39 is 21.0 Å². The van der Waals surface area contributed by atoms with Crippen LogP contribution in [-0.4, -0.2) is 13.0 Å². The number of anilines is 2. The van der Waals surface area contributed by atoms with Crippen molar-refractivity contribution in [1.82, 2.24) is 0 Å². The monoisotopic (exact) mass is 448 g/mol. The minimum absolute atomic E-state index is 0. The Morgan fingerprint density at radius 1 is 0.871 bits per heavy atom. The Morgan fingerprint density at radius 2 is 1.55 bits per heavy atom. The molecule has 0 heterocycles. The molecule has 0 unspecified atom stereocenters. The molecule has 9 nitrogen and oxygen atoms in total. The number of nitrogens with zero attached hydrogens (tertiary/aromatic N) is 2. The first-order chi connectivity index (χ1) is 14.2. The van der Waals surface area contributed by atoms with Gasteiger partial charge in [0.25, 0.3) is 0 Å². The maximum absolute atomic E-state index is 12.6. The van der Waals surface area contributed by atoms with E-state index in [-0.39, 0.29) is 45.2 Å². The molecule has 0 fully saturated rings. The van der Waals surface area contributed by atoms with Crippen molar-refractivity contribution < 1.29 is 42.5 Å². The van der Waals surface area contributed by atoms with Crippen molar-refractivity contribution in [3.63, 3.8) is 0 Å². The molecular formula is C20H17N4NaO5S. The van der Waals surface area contributed by atoms with Gasteiger partial charge in [0.1, 0.15) is 15.5 Å². The second-order valence-corrected chi connectivity index (χ2v) is 7.81. The summed E-state index contributed by atoms with van der Waals surface area (Å²) >= 11 is 0. The zero-order valence-electron chi connectivity index (χ0n) is 17.0. The minimum Gasteiger partial charge on any atom is -0.744 e. The van der Waals surface area contributed by atoms with Crippen LogP contribution in [0.2, 0.25) is 0 Å². The van der Waals surface area contributed by atoms with Crippen LogP contribution < -0.4 is 62.0 Å². The Morgan fingerprint density at radius 3 is 2.19 bits per heavy atom. The third-order valence-corrected chi connectivity index (χ3v) is 5.26. The zero-order chi connectivity index (χ0) is 21.9. The summed E-state index contributed by atoms with van der Waals surface area (Å²) in [5.74, 6) is 0. The topological polar surface area (TPSA) is 140 Å². The standard InChI is InChI=1S/C20H18N4O5S.Na/c1-12-4-3-5-16(13(12)2)22-24-19-18(25)11-10-17(20(19)26)23-21-14-6-8-15(9-7-14)30(27,28)29;/h3-11,21-22H,1-2H3,(H,27,28,29);/q;+1/p-1/b23-17-,24-19+;. The fraction of sp³-hybridized carbons (Fsp3) is 0.100.